The SMILES string of the molecule is CC1(c2cccc(NC(=O)c3coc(C(F)(F)F)c3)c2)COCC(N)=N1.Cl. The normalized spacial score (nSPS) is 19.8. The second-order valence-corrected chi connectivity index (χ2v) is 6.10. The summed E-state index contributed by atoms with van der Waals surface area (Å²) in [5.74, 6) is -1.58. The van der Waals surface area contributed by atoms with Gasteiger partial charge in [0.05, 0.1) is 12.2 Å². The van der Waals surface area contributed by atoms with Gasteiger partial charge < -0.3 is 20.2 Å². The van der Waals surface area contributed by atoms with Gasteiger partial charge in [-0.25, -0.2) is 0 Å². The van der Waals surface area contributed by atoms with E-state index >= 15 is 0 Å². The van der Waals surface area contributed by atoms with Crippen molar-refractivity contribution in [2.24, 2.45) is 10.7 Å². The number of alkyl halides is 3. The molecule has 0 fully saturated rings. The van der Waals surface area contributed by atoms with Crippen LogP contribution in [0, 0.1) is 0 Å². The maximum absolute atomic E-state index is 12.6. The van der Waals surface area contributed by atoms with Crippen LogP contribution in [-0.2, 0) is 16.5 Å². The average Bonchev–Trinajstić information content (AvgIpc) is 3.05. The van der Waals surface area contributed by atoms with Crippen LogP contribution in [-0.4, -0.2) is 25.0 Å². The summed E-state index contributed by atoms with van der Waals surface area (Å²) in [4.78, 5) is 16.6. The van der Waals surface area contributed by atoms with Gasteiger partial charge in [0, 0.05) is 11.8 Å². The molecule has 1 atom stereocenters. The highest BCUT2D eigenvalue weighted by molar-refractivity contribution is 6.04. The molecule has 27 heavy (non-hydrogen) atoms. The number of amides is 1. The van der Waals surface area contributed by atoms with Gasteiger partial charge in [-0.15, -0.1) is 12.4 Å². The summed E-state index contributed by atoms with van der Waals surface area (Å²) < 4.78 is 47.5. The number of amidine groups is 1. The number of ether oxygens (including phenoxy) is 1. The van der Waals surface area contributed by atoms with E-state index in [1.54, 1.807) is 24.3 Å². The van der Waals surface area contributed by atoms with Gasteiger partial charge in [-0.2, -0.15) is 13.2 Å². The van der Waals surface area contributed by atoms with E-state index in [9.17, 15) is 18.0 Å². The quantitative estimate of drug-likeness (QED) is 0.819. The van der Waals surface area contributed by atoms with Crippen molar-refractivity contribution in [3.63, 3.8) is 0 Å². The van der Waals surface area contributed by atoms with Gasteiger partial charge >= 0.3 is 6.18 Å². The highest BCUT2D eigenvalue weighted by Gasteiger charge is 2.35. The molecule has 2 aromatic rings. The van der Waals surface area contributed by atoms with Crippen molar-refractivity contribution >= 4 is 29.8 Å². The first-order valence-corrected chi connectivity index (χ1v) is 7.67. The molecule has 1 aromatic heterocycles. The minimum Gasteiger partial charge on any atom is -0.459 e. The van der Waals surface area contributed by atoms with Crippen LogP contribution >= 0.6 is 12.4 Å². The number of rotatable bonds is 3. The van der Waals surface area contributed by atoms with E-state index in [0.29, 0.717) is 24.2 Å². The molecule has 1 amide bonds. The van der Waals surface area contributed by atoms with Crippen LogP contribution in [0.2, 0.25) is 0 Å². The van der Waals surface area contributed by atoms with E-state index in [4.69, 9.17) is 10.5 Å². The molecular formula is C17H17ClF3N3O3. The lowest BCUT2D eigenvalue weighted by atomic mass is 9.92. The zero-order valence-corrected chi connectivity index (χ0v) is 15.0. The van der Waals surface area contributed by atoms with Gasteiger partial charge in [-0.1, -0.05) is 12.1 Å². The van der Waals surface area contributed by atoms with Crippen LogP contribution in [0.4, 0.5) is 18.9 Å². The van der Waals surface area contributed by atoms with E-state index in [1.165, 1.54) is 0 Å². The number of carbonyl (C=O) groups is 1. The van der Waals surface area contributed by atoms with Gasteiger partial charge in [0.2, 0.25) is 5.76 Å². The van der Waals surface area contributed by atoms with Crippen LogP contribution in [0.1, 0.15) is 28.6 Å². The predicted molar refractivity (Wildman–Crippen MR) is 95.1 cm³/mol. The third-order valence-electron chi connectivity index (χ3n) is 3.91. The maximum Gasteiger partial charge on any atom is 0.449 e. The number of hydrogen-bond acceptors (Lipinski definition) is 5. The van der Waals surface area contributed by atoms with Crippen LogP contribution in [0.15, 0.2) is 46.0 Å². The molecule has 10 heteroatoms. The van der Waals surface area contributed by atoms with E-state index < -0.39 is 23.4 Å². The van der Waals surface area contributed by atoms with Crippen LogP contribution in [0.5, 0.6) is 0 Å². The third kappa shape index (κ3) is 4.61. The Morgan fingerprint density at radius 1 is 1.33 bits per heavy atom. The van der Waals surface area contributed by atoms with E-state index in [1.807, 2.05) is 6.92 Å². The van der Waals surface area contributed by atoms with Crippen molar-refractivity contribution in [2.75, 3.05) is 18.5 Å². The van der Waals surface area contributed by atoms with Crippen molar-refractivity contribution in [1.29, 1.82) is 0 Å². The predicted octanol–water partition coefficient (Wildman–Crippen LogP) is 3.58. The summed E-state index contributed by atoms with van der Waals surface area (Å²) in [6.07, 6.45) is -3.88. The molecule has 146 valence electrons. The number of furan rings is 1. The number of benzene rings is 1. The zero-order chi connectivity index (χ0) is 18.9. The Morgan fingerprint density at radius 2 is 2.07 bits per heavy atom. The fourth-order valence-electron chi connectivity index (χ4n) is 2.62. The molecule has 1 unspecified atom stereocenters. The van der Waals surface area contributed by atoms with Crippen molar-refractivity contribution in [1.82, 2.24) is 0 Å². The highest BCUT2D eigenvalue weighted by atomic mass is 35.5. The van der Waals surface area contributed by atoms with Crippen molar-refractivity contribution in [2.45, 2.75) is 18.6 Å². The fourth-order valence-corrected chi connectivity index (χ4v) is 2.62. The fraction of sp³-hybridized carbons (Fsp3) is 0.294. The molecule has 1 aliphatic rings. The summed E-state index contributed by atoms with van der Waals surface area (Å²) in [7, 11) is 0. The van der Waals surface area contributed by atoms with E-state index in [0.717, 1.165) is 11.8 Å². The summed E-state index contributed by atoms with van der Waals surface area (Å²) >= 11 is 0. The Balaban J connectivity index is 0.00000261. The van der Waals surface area contributed by atoms with Crippen molar-refractivity contribution in [3.05, 3.63) is 53.5 Å². The Hall–Kier alpha value is -2.52. The first kappa shape index (κ1) is 20.8. The largest absolute Gasteiger partial charge is 0.459 e. The molecular weight excluding hydrogens is 387 g/mol. The number of nitrogens with one attached hydrogen (secondary N) is 1. The van der Waals surface area contributed by atoms with Crippen LogP contribution < -0.4 is 11.1 Å². The summed E-state index contributed by atoms with van der Waals surface area (Å²) in [5, 5.41) is 2.54. The Bertz CT molecular complexity index is 866. The van der Waals surface area contributed by atoms with Crippen LogP contribution in [0.25, 0.3) is 0 Å². The van der Waals surface area contributed by atoms with E-state index in [-0.39, 0.29) is 24.6 Å². The average molecular weight is 404 g/mol. The molecule has 0 aliphatic carbocycles. The molecule has 3 N–H and O–H groups in total. The molecule has 3 rings (SSSR count). The summed E-state index contributed by atoms with van der Waals surface area (Å²) in [6.45, 7) is 2.42. The Kier molecular flexibility index (Phi) is 5.86. The number of aliphatic imine (C=N–C) groups is 1. The second-order valence-electron chi connectivity index (χ2n) is 6.10. The topological polar surface area (TPSA) is 89.8 Å². The van der Waals surface area contributed by atoms with E-state index in [2.05, 4.69) is 14.7 Å². The molecule has 2 heterocycles. The molecule has 0 bridgehead atoms. The van der Waals surface area contributed by atoms with Crippen LogP contribution in [0.3, 0.4) is 0 Å². The first-order chi connectivity index (χ1) is 12.2. The lowest BCUT2D eigenvalue weighted by Gasteiger charge is -2.30. The monoisotopic (exact) mass is 403 g/mol. The Morgan fingerprint density at radius 3 is 2.70 bits per heavy atom. The molecule has 0 radical (unpaired) electrons. The number of carbonyl (C=O) groups excluding carboxylic acids is 1. The van der Waals surface area contributed by atoms with Gasteiger partial charge in [-0.05, 0) is 24.6 Å². The lowest BCUT2D eigenvalue weighted by Crippen LogP contribution is -2.37. The number of nitrogens with zero attached hydrogens (tertiary/aromatic N) is 1. The number of anilines is 1. The van der Waals surface area contributed by atoms with Crippen molar-refractivity contribution < 1.29 is 27.1 Å². The summed E-state index contributed by atoms with van der Waals surface area (Å²) in [5.41, 5.74) is 5.96. The standard InChI is InChI=1S/C17H16F3N3O3.ClH/c1-16(9-25-8-14(21)23-16)11-3-2-4-12(6-11)22-15(24)10-5-13(26-7-10)17(18,19)20;/h2-7H,8-9H2,1H3,(H2,21,23)(H,22,24);1H. The second kappa shape index (κ2) is 7.61. The minimum absolute atomic E-state index is 0. The number of hydrogen-bond donors (Lipinski definition) is 2. The number of halogens is 4. The third-order valence-corrected chi connectivity index (χ3v) is 3.91. The van der Waals surface area contributed by atoms with Crippen molar-refractivity contribution in [3.8, 4) is 0 Å². The first-order valence-electron chi connectivity index (χ1n) is 7.67. The van der Waals surface area contributed by atoms with Gasteiger partial charge in [-0.3, -0.25) is 9.79 Å². The molecule has 1 aliphatic heterocycles. The minimum atomic E-state index is -4.65. The van der Waals surface area contributed by atoms with Gasteiger partial charge in [0.1, 0.15) is 24.2 Å². The summed E-state index contributed by atoms with van der Waals surface area (Å²) in [6, 6.07) is 7.45. The zero-order valence-electron chi connectivity index (χ0n) is 14.2. The number of nitrogens with two attached hydrogens (primary N) is 1. The smallest absolute Gasteiger partial charge is 0.449 e. The Labute approximate surface area is 159 Å². The molecule has 6 nitrogen and oxygen atoms in total. The molecule has 0 saturated carbocycles. The molecule has 0 spiro atoms. The van der Waals surface area contributed by atoms with Gasteiger partial charge in [0.15, 0.2) is 0 Å². The molecule has 1 aromatic carbocycles. The lowest BCUT2D eigenvalue weighted by molar-refractivity contribution is -0.153. The highest BCUT2D eigenvalue weighted by Crippen LogP contribution is 2.32. The maximum atomic E-state index is 12.6. The van der Waals surface area contributed by atoms with Gasteiger partial charge in [0.25, 0.3) is 5.91 Å². The molecule has 0 saturated heterocycles.